The molecule has 1 saturated heterocycles. The van der Waals surface area contributed by atoms with Gasteiger partial charge in [0.2, 0.25) is 5.95 Å². The summed E-state index contributed by atoms with van der Waals surface area (Å²) in [5, 5.41) is 17.5. The minimum Gasteiger partial charge on any atom is -0.497 e. The van der Waals surface area contributed by atoms with Gasteiger partial charge in [-0.05, 0) is 55.2 Å². The lowest BCUT2D eigenvalue weighted by molar-refractivity contribution is 0.0699. The second-order valence-corrected chi connectivity index (χ2v) is 8.77. The number of H-pyrrole nitrogens is 1. The van der Waals surface area contributed by atoms with Crippen molar-refractivity contribution in [1.29, 1.82) is 0 Å². The van der Waals surface area contributed by atoms with Gasteiger partial charge in [0.15, 0.2) is 5.82 Å². The van der Waals surface area contributed by atoms with Gasteiger partial charge in [-0.1, -0.05) is 0 Å². The van der Waals surface area contributed by atoms with Crippen LogP contribution < -0.4 is 25.4 Å². The lowest BCUT2D eigenvalue weighted by atomic mass is 10.0. The molecule has 1 fully saturated rings. The van der Waals surface area contributed by atoms with E-state index in [9.17, 15) is 0 Å². The first kappa shape index (κ1) is 24.4. The quantitative estimate of drug-likeness (QED) is 0.232. The first-order valence-corrected chi connectivity index (χ1v) is 12.3. The molecule has 3 heterocycles. The topological polar surface area (TPSA) is 118 Å². The Hall–Kier alpha value is -4.31. The number of nitrogens with one attached hydrogen (secondary N) is 4. The number of anilines is 5. The highest BCUT2D eigenvalue weighted by molar-refractivity contribution is 5.75. The van der Waals surface area contributed by atoms with E-state index < -0.39 is 0 Å². The molecule has 0 unspecified atom stereocenters. The van der Waals surface area contributed by atoms with E-state index in [1.165, 1.54) is 0 Å². The third kappa shape index (κ3) is 6.28. The van der Waals surface area contributed by atoms with E-state index in [4.69, 9.17) is 14.2 Å². The molecule has 37 heavy (non-hydrogen) atoms. The number of rotatable bonds is 10. The predicted molar refractivity (Wildman–Crippen MR) is 144 cm³/mol. The third-order valence-corrected chi connectivity index (χ3v) is 6.24. The van der Waals surface area contributed by atoms with E-state index in [1.807, 2.05) is 42.5 Å². The molecule has 0 spiro atoms. The highest BCUT2D eigenvalue weighted by Gasteiger charge is 2.14. The molecular formula is C27H31N7O3. The van der Waals surface area contributed by atoms with Crippen LogP contribution in [-0.2, 0) is 4.74 Å². The number of aromatic nitrogens is 4. The fourth-order valence-corrected chi connectivity index (χ4v) is 4.16. The number of ether oxygens (including phenoxy) is 3. The second-order valence-electron chi connectivity index (χ2n) is 8.77. The summed E-state index contributed by atoms with van der Waals surface area (Å²) in [5.74, 6) is 3.69. The fraction of sp³-hybridized carbons (Fsp3) is 0.296. The van der Waals surface area contributed by atoms with Gasteiger partial charge in [0.05, 0.1) is 19.8 Å². The Balaban J connectivity index is 1.25. The molecular weight excluding hydrogens is 470 g/mol. The minimum absolute atomic E-state index is 0.468. The number of hydrogen-bond acceptors (Lipinski definition) is 9. The van der Waals surface area contributed by atoms with Crippen LogP contribution in [-0.4, -0.2) is 54.1 Å². The van der Waals surface area contributed by atoms with Crippen molar-refractivity contribution < 1.29 is 14.2 Å². The Kier molecular flexibility index (Phi) is 7.66. The summed E-state index contributed by atoms with van der Waals surface area (Å²) in [4.78, 5) is 9.13. The van der Waals surface area contributed by atoms with Crippen LogP contribution in [0.2, 0.25) is 0 Å². The molecule has 5 rings (SSSR count). The zero-order chi connectivity index (χ0) is 25.5. The molecule has 2 aromatic carbocycles. The number of hydrogen-bond donors (Lipinski definition) is 4. The molecule has 10 nitrogen and oxygen atoms in total. The third-order valence-electron chi connectivity index (χ3n) is 6.24. The van der Waals surface area contributed by atoms with Gasteiger partial charge < -0.3 is 30.2 Å². The summed E-state index contributed by atoms with van der Waals surface area (Å²) >= 11 is 0. The normalized spacial score (nSPS) is 13.7. The van der Waals surface area contributed by atoms with Crippen LogP contribution in [0.5, 0.6) is 11.5 Å². The van der Waals surface area contributed by atoms with Crippen LogP contribution in [0.15, 0.2) is 60.8 Å². The van der Waals surface area contributed by atoms with E-state index in [1.54, 1.807) is 20.4 Å². The maximum Gasteiger partial charge on any atom is 0.246 e. The molecule has 0 aliphatic carbocycles. The van der Waals surface area contributed by atoms with Crippen molar-refractivity contribution in [1.82, 2.24) is 20.2 Å². The highest BCUT2D eigenvalue weighted by atomic mass is 16.5. The Morgan fingerprint density at radius 3 is 2.38 bits per heavy atom. The Labute approximate surface area is 215 Å². The SMILES string of the molecule is COc1cc(Nc2ncccc2-c2nc(Nc3ccc(NCC4CCOCC4)cc3)n[nH]2)cc(OC)c1. The molecule has 4 aromatic rings. The first-order chi connectivity index (χ1) is 18.2. The molecule has 10 heteroatoms. The van der Waals surface area contributed by atoms with E-state index >= 15 is 0 Å². The van der Waals surface area contributed by atoms with Crippen molar-refractivity contribution >= 4 is 28.8 Å². The van der Waals surface area contributed by atoms with E-state index in [0.29, 0.717) is 35.0 Å². The van der Waals surface area contributed by atoms with Gasteiger partial charge in [0, 0.05) is 61.2 Å². The monoisotopic (exact) mass is 501 g/mol. The molecule has 1 aliphatic heterocycles. The van der Waals surface area contributed by atoms with Crippen LogP contribution in [0.25, 0.3) is 11.4 Å². The number of aromatic amines is 1. The van der Waals surface area contributed by atoms with Gasteiger partial charge in [0.1, 0.15) is 17.3 Å². The summed E-state index contributed by atoms with van der Waals surface area (Å²) in [6, 6.07) is 17.5. The molecule has 1 aliphatic rings. The first-order valence-electron chi connectivity index (χ1n) is 12.3. The second kappa shape index (κ2) is 11.6. The van der Waals surface area contributed by atoms with Gasteiger partial charge >= 0.3 is 0 Å². The number of methoxy groups -OCH3 is 2. The summed E-state index contributed by atoms with van der Waals surface area (Å²) in [6.07, 6.45) is 3.94. The van der Waals surface area contributed by atoms with Crippen molar-refractivity contribution in [2.45, 2.75) is 12.8 Å². The molecule has 192 valence electrons. The van der Waals surface area contributed by atoms with Crippen LogP contribution >= 0.6 is 0 Å². The molecule has 4 N–H and O–H groups in total. The van der Waals surface area contributed by atoms with Gasteiger partial charge in [-0.3, -0.25) is 5.10 Å². The molecule has 0 radical (unpaired) electrons. The molecule has 0 saturated carbocycles. The van der Waals surface area contributed by atoms with Crippen molar-refractivity contribution in [2.75, 3.05) is 49.9 Å². The zero-order valence-corrected chi connectivity index (χ0v) is 21.0. The average molecular weight is 502 g/mol. The van der Waals surface area contributed by atoms with Gasteiger partial charge in [0.25, 0.3) is 0 Å². The molecule has 0 amide bonds. The summed E-state index contributed by atoms with van der Waals surface area (Å²) in [7, 11) is 3.23. The van der Waals surface area contributed by atoms with Crippen LogP contribution in [0.3, 0.4) is 0 Å². The Bertz CT molecular complexity index is 1280. The number of pyridine rings is 1. The van der Waals surface area contributed by atoms with E-state index in [2.05, 4.69) is 48.2 Å². The molecule has 2 aromatic heterocycles. The predicted octanol–water partition coefficient (Wildman–Crippen LogP) is 5.21. The Morgan fingerprint density at radius 1 is 0.919 bits per heavy atom. The molecule has 0 atom stereocenters. The highest BCUT2D eigenvalue weighted by Crippen LogP contribution is 2.31. The summed E-state index contributed by atoms with van der Waals surface area (Å²) in [5.41, 5.74) is 3.54. The van der Waals surface area contributed by atoms with Gasteiger partial charge in [-0.15, -0.1) is 5.10 Å². The maximum atomic E-state index is 5.44. The van der Waals surface area contributed by atoms with Crippen LogP contribution in [0.4, 0.5) is 28.8 Å². The van der Waals surface area contributed by atoms with Crippen LogP contribution in [0.1, 0.15) is 12.8 Å². The smallest absolute Gasteiger partial charge is 0.246 e. The molecule has 0 bridgehead atoms. The van der Waals surface area contributed by atoms with Crippen molar-refractivity contribution in [3.05, 3.63) is 60.8 Å². The maximum absolute atomic E-state index is 5.44. The van der Waals surface area contributed by atoms with E-state index in [-0.39, 0.29) is 0 Å². The Morgan fingerprint density at radius 2 is 1.65 bits per heavy atom. The average Bonchev–Trinajstić information content (AvgIpc) is 3.41. The zero-order valence-electron chi connectivity index (χ0n) is 21.0. The fourth-order valence-electron chi connectivity index (χ4n) is 4.16. The number of nitrogens with zero attached hydrogens (tertiary/aromatic N) is 3. The van der Waals surface area contributed by atoms with E-state index in [0.717, 1.165) is 55.2 Å². The lowest BCUT2D eigenvalue weighted by Gasteiger charge is -2.22. The van der Waals surface area contributed by atoms with Crippen molar-refractivity contribution in [3.8, 4) is 22.9 Å². The van der Waals surface area contributed by atoms with Gasteiger partial charge in [-0.25, -0.2) is 4.98 Å². The lowest BCUT2D eigenvalue weighted by Crippen LogP contribution is -2.22. The largest absolute Gasteiger partial charge is 0.497 e. The van der Waals surface area contributed by atoms with Crippen molar-refractivity contribution in [2.24, 2.45) is 5.92 Å². The standard InChI is InChI=1S/C27H31N7O3/c1-35-22-14-21(15-23(16-22)36-2)30-25-24(4-3-11-28-25)26-32-27(34-33-26)31-20-7-5-19(6-8-20)29-17-18-9-12-37-13-10-18/h3-8,11,14-16,18,29H,9-10,12-13,17H2,1-2H3,(H,28,30)(H2,31,32,33,34). The van der Waals surface area contributed by atoms with Gasteiger partial charge in [-0.2, -0.15) is 4.98 Å². The minimum atomic E-state index is 0.468. The number of benzene rings is 2. The van der Waals surface area contributed by atoms with Crippen LogP contribution in [0, 0.1) is 5.92 Å². The summed E-state index contributed by atoms with van der Waals surface area (Å²) < 4.78 is 16.2. The summed E-state index contributed by atoms with van der Waals surface area (Å²) in [6.45, 7) is 2.69. The van der Waals surface area contributed by atoms with Crippen molar-refractivity contribution in [3.63, 3.8) is 0 Å².